The number of nitrogens with zero attached hydrogens (tertiary/aromatic N) is 4. The molecule has 0 unspecified atom stereocenters. The van der Waals surface area contributed by atoms with Crippen molar-refractivity contribution < 1.29 is 0 Å². The first-order valence-electron chi connectivity index (χ1n) is 8.13. The van der Waals surface area contributed by atoms with Crippen molar-refractivity contribution in [3.05, 3.63) is 60.3 Å². The van der Waals surface area contributed by atoms with Gasteiger partial charge in [-0.15, -0.1) is 0 Å². The Bertz CT molecular complexity index is 1080. The zero-order valence-electron chi connectivity index (χ0n) is 13.4. The number of nitrogens with one attached hydrogen (secondary N) is 1. The van der Waals surface area contributed by atoms with Gasteiger partial charge >= 0.3 is 0 Å². The van der Waals surface area contributed by atoms with Crippen LogP contribution in [0.2, 0.25) is 0 Å². The number of aromatic nitrogens is 3. The lowest BCUT2D eigenvalue weighted by Crippen LogP contribution is -2.19. The normalized spacial score (nSPS) is 14.3. The summed E-state index contributed by atoms with van der Waals surface area (Å²) in [6, 6.07) is 16.8. The van der Waals surface area contributed by atoms with Crippen LogP contribution >= 0.6 is 0 Å². The van der Waals surface area contributed by atoms with E-state index in [1.807, 2.05) is 0 Å². The molecule has 4 aromatic rings. The highest BCUT2D eigenvalue weighted by Gasteiger charge is 2.13. The van der Waals surface area contributed by atoms with E-state index in [1.165, 1.54) is 11.0 Å². The average Bonchev–Trinajstić information content (AvgIpc) is 3.35. The van der Waals surface area contributed by atoms with Crippen molar-refractivity contribution >= 4 is 22.6 Å². The van der Waals surface area contributed by atoms with Gasteiger partial charge in [0.25, 0.3) is 0 Å². The van der Waals surface area contributed by atoms with Gasteiger partial charge in [-0.2, -0.15) is 0 Å². The van der Waals surface area contributed by atoms with Gasteiger partial charge in [-0.05, 0) is 12.1 Å². The topological polar surface area (TPSA) is 46.6 Å². The Morgan fingerprint density at radius 3 is 2.46 bits per heavy atom. The number of aliphatic imine (C=N–C) groups is 1. The minimum absolute atomic E-state index is 0.858. The third-order valence-electron chi connectivity index (χ3n) is 4.62. The predicted octanol–water partition coefficient (Wildman–Crippen LogP) is 2.84. The molecule has 2 aromatic heterocycles. The Balaban J connectivity index is 1.60. The molecule has 24 heavy (non-hydrogen) atoms. The average molecular weight is 315 g/mol. The van der Waals surface area contributed by atoms with Gasteiger partial charge in [0.2, 0.25) is 5.78 Å². The van der Waals surface area contributed by atoms with Gasteiger partial charge in [-0.3, -0.25) is 9.39 Å². The number of imidazole rings is 2. The maximum Gasteiger partial charge on any atom is 0.215 e. The van der Waals surface area contributed by atoms with E-state index in [0.717, 1.165) is 41.5 Å². The highest BCUT2D eigenvalue weighted by molar-refractivity contribution is 6.00. The number of amidine groups is 1. The van der Waals surface area contributed by atoms with Crippen LogP contribution in [-0.4, -0.2) is 32.9 Å². The minimum Gasteiger partial charge on any atom is -0.368 e. The molecule has 0 radical (unpaired) electrons. The van der Waals surface area contributed by atoms with Crippen LogP contribution in [0.15, 0.2) is 59.7 Å². The molecule has 0 atom stereocenters. The van der Waals surface area contributed by atoms with Crippen LogP contribution in [0, 0.1) is 0 Å². The third-order valence-corrected chi connectivity index (χ3v) is 4.62. The van der Waals surface area contributed by atoms with Gasteiger partial charge in [0.15, 0.2) is 0 Å². The Labute approximate surface area is 139 Å². The fourth-order valence-corrected chi connectivity index (χ4v) is 3.37. The quantitative estimate of drug-likeness (QED) is 0.618. The maximum absolute atomic E-state index is 4.83. The molecule has 2 aromatic carbocycles. The summed E-state index contributed by atoms with van der Waals surface area (Å²) < 4.78 is 4.28. The first kappa shape index (κ1) is 13.4. The molecular formula is C19H17N5. The highest BCUT2D eigenvalue weighted by Crippen LogP contribution is 2.25. The number of fused-ring (bicyclic) bond motifs is 3. The fourth-order valence-electron chi connectivity index (χ4n) is 3.37. The van der Waals surface area contributed by atoms with E-state index in [0.29, 0.717) is 0 Å². The Morgan fingerprint density at radius 2 is 1.71 bits per heavy atom. The summed E-state index contributed by atoms with van der Waals surface area (Å²) in [6.45, 7) is 1.78. The Kier molecular flexibility index (Phi) is 2.76. The second-order valence-electron chi connectivity index (χ2n) is 6.08. The van der Waals surface area contributed by atoms with Gasteiger partial charge < -0.3 is 9.88 Å². The summed E-state index contributed by atoms with van der Waals surface area (Å²) in [5, 5.41) is 3.30. The largest absolute Gasteiger partial charge is 0.368 e. The smallest absolute Gasteiger partial charge is 0.215 e. The van der Waals surface area contributed by atoms with Crippen molar-refractivity contribution in [3.8, 4) is 11.3 Å². The minimum atomic E-state index is 0.858. The molecule has 0 saturated heterocycles. The molecule has 0 bridgehead atoms. The summed E-state index contributed by atoms with van der Waals surface area (Å²) in [4.78, 5) is 9.29. The van der Waals surface area contributed by atoms with Gasteiger partial charge in [0, 0.05) is 30.9 Å². The predicted molar refractivity (Wildman–Crippen MR) is 96.5 cm³/mol. The standard InChI is InChI=1S/C19H17N5/c1-23-16-4-2-3-5-17(16)24-12-15(22-19(23)24)13-6-8-14(9-7-13)18-20-10-11-21-18/h2-9,12H,10-11H2,1H3,(H,20,21). The Hall–Kier alpha value is -3.08. The molecule has 1 aliphatic heterocycles. The molecule has 0 amide bonds. The molecule has 0 fully saturated rings. The second kappa shape index (κ2) is 4.96. The molecule has 0 aliphatic carbocycles. The molecule has 3 heterocycles. The molecule has 5 rings (SSSR count). The van der Waals surface area contributed by atoms with Gasteiger partial charge in [-0.25, -0.2) is 4.98 Å². The van der Waals surface area contributed by atoms with Gasteiger partial charge in [0.05, 0.1) is 23.3 Å². The van der Waals surface area contributed by atoms with Crippen LogP contribution in [0.4, 0.5) is 0 Å². The second-order valence-corrected chi connectivity index (χ2v) is 6.08. The van der Waals surface area contributed by atoms with E-state index in [1.54, 1.807) is 0 Å². The summed E-state index contributed by atoms with van der Waals surface area (Å²) >= 11 is 0. The summed E-state index contributed by atoms with van der Waals surface area (Å²) in [6.07, 6.45) is 2.11. The first-order chi connectivity index (χ1) is 11.8. The third kappa shape index (κ3) is 1.88. The fraction of sp³-hybridized carbons (Fsp3) is 0.158. The number of aryl methyl sites for hydroxylation is 1. The highest BCUT2D eigenvalue weighted by atomic mass is 15.2. The van der Waals surface area contributed by atoms with Crippen LogP contribution in [0.1, 0.15) is 5.56 Å². The molecule has 1 aliphatic rings. The van der Waals surface area contributed by atoms with Crippen LogP contribution in [-0.2, 0) is 7.05 Å². The van der Waals surface area contributed by atoms with E-state index >= 15 is 0 Å². The molecule has 0 spiro atoms. The summed E-state index contributed by atoms with van der Waals surface area (Å²) in [5.74, 6) is 1.94. The zero-order chi connectivity index (χ0) is 16.1. The maximum atomic E-state index is 4.83. The number of rotatable bonds is 2. The number of hydrogen-bond donors (Lipinski definition) is 1. The van der Waals surface area contributed by atoms with E-state index in [-0.39, 0.29) is 0 Å². The lowest BCUT2D eigenvalue weighted by atomic mass is 10.1. The number of para-hydroxylation sites is 2. The van der Waals surface area contributed by atoms with Crippen LogP contribution in [0.5, 0.6) is 0 Å². The van der Waals surface area contributed by atoms with Crippen molar-refractivity contribution in [3.63, 3.8) is 0 Å². The molecule has 5 heteroatoms. The lowest BCUT2D eigenvalue weighted by molar-refractivity contribution is 0.960. The van der Waals surface area contributed by atoms with Crippen LogP contribution in [0.3, 0.4) is 0 Å². The summed E-state index contributed by atoms with van der Waals surface area (Å²) in [7, 11) is 2.06. The monoisotopic (exact) mass is 315 g/mol. The SMILES string of the molecule is Cn1c2ccccc2n2cc(-c3ccc(C4=NCCN4)cc3)nc12. The molecule has 5 nitrogen and oxygen atoms in total. The van der Waals surface area contributed by atoms with Crippen molar-refractivity contribution in [1.29, 1.82) is 0 Å². The van der Waals surface area contributed by atoms with Crippen molar-refractivity contribution in [2.75, 3.05) is 13.1 Å². The molecule has 1 N–H and O–H groups in total. The molecule has 118 valence electrons. The van der Waals surface area contributed by atoms with Crippen LogP contribution < -0.4 is 5.32 Å². The molecule has 0 saturated carbocycles. The van der Waals surface area contributed by atoms with Gasteiger partial charge in [-0.1, -0.05) is 36.4 Å². The molecular weight excluding hydrogens is 298 g/mol. The Morgan fingerprint density at radius 1 is 0.958 bits per heavy atom. The van der Waals surface area contributed by atoms with E-state index in [9.17, 15) is 0 Å². The zero-order valence-corrected chi connectivity index (χ0v) is 13.4. The van der Waals surface area contributed by atoms with Crippen molar-refractivity contribution in [2.45, 2.75) is 0 Å². The van der Waals surface area contributed by atoms with Crippen LogP contribution in [0.25, 0.3) is 28.1 Å². The number of hydrogen-bond acceptors (Lipinski definition) is 3. The van der Waals surface area contributed by atoms with Crippen molar-refractivity contribution in [2.24, 2.45) is 12.0 Å². The number of benzene rings is 2. The van der Waals surface area contributed by atoms with E-state index in [4.69, 9.17) is 4.98 Å². The van der Waals surface area contributed by atoms with Crippen molar-refractivity contribution in [1.82, 2.24) is 19.3 Å². The van der Waals surface area contributed by atoms with E-state index < -0.39 is 0 Å². The first-order valence-corrected chi connectivity index (χ1v) is 8.13. The lowest BCUT2D eigenvalue weighted by Gasteiger charge is -2.03. The van der Waals surface area contributed by atoms with E-state index in [2.05, 4.69) is 81.1 Å². The van der Waals surface area contributed by atoms with Gasteiger partial charge in [0.1, 0.15) is 5.84 Å². The summed E-state index contributed by atoms with van der Waals surface area (Å²) in [5.41, 5.74) is 5.59.